The van der Waals surface area contributed by atoms with E-state index in [0.717, 1.165) is 44.1 Å². The molecule has 3 aromatic heterocycles. The Morgan fingerprint density at radius 1 is 0.975 bits per heavy atom. The number of nitrogens with one attached hydrogen (secondary N) is 1. The van der Waals surface area contributed by atoms with Crippen molar-refractivity contribution in [2.45, 2.75) is 82.1 Å². The number of fused-ring (bicyclic) bond motifs is 3. The van der Waals surface area contributed by atoms with Gasteiger partial charge in [-0.05, 0) is 62.6 Å². The number of nitrogens with zero attached hydrogens (tertiary/aromatic N) is 5. The number of aryl methyl sites for hydroxylation is 1. The lowest BCUT2D eigenvalue weighted by Gasteiger charge is -2.22. The number of benzene rings is 1. The molecule has 40 heavy (non-hydrogen) atoms. The van der Waals surface area contributed by atoms with Crippen molar-refractivity contribution in [2.75, 3.05) is 5.75 Å². The highest BCUT2D eigenvalue weighted by molar-refractivity contribution is 7.90. The van der Waals surface area contributed by atoms with Crippen molar-refractivity contribution >= 4 is 36.9 Å². The Bertz CT molecular complexity index is 1740. The number of sulfonamides is 1. The van der Waals surface area contributed by atoms with E-state index in [0.29, 0.717) is 29.1 Å². The molecule has 2 fully saturated rings. The minimum atomic E-state index is -3.86. The molecule has 0 aliphatic heterocycles. The molecular weight excluding hydrogens is 548 g/mol. The second kappa shape index (κ2) is 10.5. The standard InChI is InChI=1S/C28H36N6O4S2/c1-3-21-15-22(32-39(35,36)18-20-7-5-4-6-8-20)16-24(21)27-31-30-26-17-29-28-25(34(26)27)13-14-33(28)40(37,38)23-11-9-19(2)10-12-23/h9-14,17,20-22,24,32H,3-8,15-16,18H2,1-2H3/t21-,22+,24+/m1/s1. The third-order valence-electron chi connectivity index (χ3n) is 8.72. The van der Waals surface area contributed by atoms with Crippen LogP contribution >= 0.6 is 0 Å². The Hall–Kier alpha value is -2.83. The van der Waals surface area contributed by atoms with Crippen LogP contribution in [0.25, 0.3) is 16.8 Å². The van der Waals surface area contributed by atoms with Gasteiger partial charge in [0.05, 0.1) is 22.4 Å². The van der Waals surface area contributed by atoms with Crippen LogP contribution in [0, 0.1) is 18.8 Å². The van der Waals surface area contributed by atoms with Crippen LogP contribution in [0.2, 0.25) is 0 Å². The Labute approximate surface area is 235 Å². The molecule has 0 saturated heterocycles. The van der Waals surface area contributed by atoms with Crippen LogP contribution in [-0.2, 0) is 20.0 Å². The van der Waals surface area contributed by atoms with E-state index in [9.17, 15) is 16.8 Å². The summed E-state index contributed by atoms with van der Waals surface area (Å²) < 4.78 is 59.1. The van der Waals surface area contributed by atoms with E-state index in [1.54, 1.807) is 36.5 Å². The van der Waals surface area contributed by atoms with Gasteiger partial charge in [-0.25, -0.2) is 30.5 Å². The maximum absolute atomic E-state index is 13.5. The number of aromatic nitrogens is 5. The van der Waals surface area contributed by atoms with Gasteiger partial charge in [0.25, 0.3) is 10.0 Å². The summed E-state index contributed by atoms with van der Waals surface area (Å²) in [6, 6.07) is 8.30. The predicted octanol–water partition coefficient (Wildman–Crippen LogP) is 4.40. The van der Waals surface area contributed by atoms with Crippen LogP contribution in [0.3, 0.4) is 0 Å². The van der Waals surface area contributed by atoms with E-state index < -0.39 is 20.0 Å². The van der Waals surface area contributed by atoms with Gasteiger partial charge in [-0.2, -0.15) is 0 Å². The van der Waals surface area contributed by atoms with Crippen LogP contribution in [0.15, 0.2) is 47.6 Å². The first-order chi connectivity index (χ1) is 19.2. The molecule has 6 rings (SSSR count). The summed E-state index contributed by atoms with van der Waals surface area (Å²) in [6.07, 6.45) is 10.7. The molecule has 2 saturated carbocycles. The minimum absolute atomic E-state index is 0.0231. The van der Waals surface area contributed by atoms with Crippen molar-refractivity contribution in [3.05, 3.63) is 54.1 Å². The highest BCUT2D eigenvalue weighted by Gasteiger charge is 2.39. The van der Waals surface area contributed by atoms with Gasteiger partial charge in [-0.1, -0.05) is 50.3 Å². The molecular formula is C28H36N6O4S2. The van der Waals surface area contributed by atoms with Gasteiger partial charge in [0, 0.05) is 18.2 Å². The Balaban J connectivity index is 1.31. The molecule has 10 nitrogen and oxygen atoms in total. The van der Waals surface area contributed by atoms with Crippen LogP contribution in [0.5, 0.6) is 0 Å². The third-order valence-corrected chi connectivity index (χ3v) is 12.0. The molecule has 0 spiro atoms. The van der Waals surface area contributed by atoms with Crippen LogP contribution in [-0.4, -0.2) is 52.2 Å². The van der Waals surface area contributed by atoms with Gasteiger partial charge in [0.2, 0.25) is 10.0 Å². The number of hydrogen-bond donors (Lipinski definition) is 1. The van der Waals surface area contributed by atoms with Gasteiger partial charge in [0.1, 0.15) is 5.82 Å². The number of rotatable bonds is 8. The molecule has 0 bridgehead atoms. The monoisotopic (exact) mass is 584 g/mol. The van der Waals surface area contributed by atoms with Gasteiger partial charge >= 0.3 is 0 Å². The van der Waals surface area contributed by atoms with Crippen molar-refractivity contribution in [1.29, 1.82) is 0 Å². The molecule has 12 heteroatoms. The predicted molar refractivity (Wildman–Crippen MR) is 153 cm³/mol. The minimum Gasteiger partial charge on any atom is -0.274 e. The zero-order valence-corrected chi connectivity index (χ0v) is 24.5. The molecule has 3 atom stereocenters. The van der Waals surface area contributed by atoms with Crippen LogP contribution in [0.4, 0.5) is 0 Å². The fourth-order valence-corrected chi connectivity index (χ4v) is 9.71. The first kappa shape index (κ1) is 27.3. The highest BCUT2D eigenvalue weighted by atomic mass is 32.2. The van der Waals surface area contributed by atoms with E-state index in [1.807, 2.05) is 11.3 Å². The molecule has 1 N–H and O–H groups in total. The summed E-state index contributed by atoms with van der Waals surface area (Å²) in [5.74, 6) is 1.36. The molecule has 0 radical (unpaired) electrons. The molecule has 4 aromatic rings. The lowest BCUT2D eigenvalue weighted by molar-refractivity contribution is 0.383. The van der Waals surface area contributed by atoms with E-state index in [2.05, 4.69) is 26.8 Å². The SMILES string of the molecule is CC[C@@H]1C[C@H](NS(=O)(=O)CC2CCCCC2)C[C@@H]1c1nnc2cnc3c(ccn3S(=O)(=O)c3ccc(C)cc3)n12. The van der Waals surface area contributed by atoms with Crippen molar-refractivity contribution in [3.8, 4) is 0 Å². The summed E-state index contributed by atoms with van der Waals surface area (Å²) in [4.78, 5) is 4.63. The molecule has 214 valence electrons. The normalized spacial score (nSPS) is 22.9. The van der Waals surface area contributed by atoms with Crippen LogP contribution < -0.4 is 4.72 Å². The zero-order chi connectivity index (χ0) is 28.1. The fourth-order valence-electron chi connectivity index (χ4n) is 6.66. The van der Waals surface area contributed by atoms with E-state index in [-0.39, 0.29) is 34.4 Å². The Kier molecular flexibility index (Phi) is 7.20. The van der Waals surface area contributed by atoms with Crippen LogP contribution in [0.1, 0.15) is 75.6 Å². The molecule has 2 aliphatic carbocycles. The number of hydrogen-bond acceptors (Lipinski definition) is 7. The average Bonchev–Trinajstić information content (AvgIpc) is 3.65. The topological polar surface area (TPSA) is 128 Å². The summed E-state index contributed by atoms with van der Waals surface area (Å²) in [5, 5.41) is 8.88. The highest BCUT2D eigenvalue weighted by Crippen LogP contribution is 2.42. The Morgan fingerprint density at radius 2 is 1.73 bits per heavy atom. The summed E-state index contributed by atoms with van der Waals surface area (Å²) in [5.41, 5.74) is 2.40. The maximum Gasteiger partial charge on any atom is 0.269 e. The van der Waals surface area contributed by atoms with E-state index >= 15 is 0 Å². The molecule has 0 unspecified atom stereocenters. The molecule has 2 aliphatic rings. The first-order valence-corrected chi connectivity index (χ1v) is 17.3. The molecule has 0 amide bonds. The smallest absolute Gasteiger partial charge is 0.269 e. The fraction of sp³-hybridized carbons (Fsp3) is 0.536. The lowest BCUT2D eigenvalue weighted by Crippen LogP contribution is -2.37. The quantitative estimate of drug-likeness (QED) is 0.325. The maximum atomic E-state index is 13.5. The van der Waals surface area contributed by atoms with Gasteiger partial charge in [0.15, 0.2) is 11.3 Å². The summed E-state index contributed by atoms with van der Waals surface area (Å²) >= 11 is 0. The van der Waals surface area contributed by atoms with Gasteiger partial charge < -0.3 is 0 Å². The Morgan fingerprint density at radius 3 is 2.45 bits per heavy atom. The van der Waals surface area contributed by atoms with E-state index in [4.69, 9.17) is 0 Å². The average molecular weight is 585 g/mol. The van der Waals surface area contributed by atoms with Crippen molar-refractivity contribution in [2.24, 2.45) is 11.8 Å². The van der Waals surface area contributed by atoms with Gasteiger partial charge in [-0.15, -0.1) is 10.2 Å². The van der Waals surface area contributed by atoms with Crippen molar-refractivity contribution in [1.82, 2.24) is 28.3 Å². The molecule has 1 aromatic carbocycles. The van der Waals surface area contributed by atoms with E-state index in [1.165, 1.54) is 16.6 Å². The van der Waals surface area contributed by atoms with Crippen molar-refractivity contribution < 1.29 is 16.8 Å². The largest absolute Gasteiger partial charge is 0.274 e. The lowest BCUT2D eigenvalue weighted by atomic mass is 9.91. The van der Waals surface area contributed by atoms with Gasteiger partial charge in [-0.3, -0.25) is 4.40 Å². The second-order valence-corrected chi connectivity index (χ2v) is 15.1. The first-order valence-electron chi connectivity index (χ1n) is 14.2. The summed E-state index contributed by atoms with van der Waals surface area (Å²) in [6.45, 7) is 4.02. The molecule has 3 heterocycles. The second-order valence-electron chi connectivity index (χ2n) is 11.5. The summed E-state index contributed by atoms with van der Waals surface area (Å²) in [7, 11) is -7.24. The third kappa shape index (κ3) is 5.05. The van der Waals surface area contributed by atoms with Crippen molar-refractivity contribution in [3.63, 3.8) is 0 Å². The zero-order valence-electron chi connectivity index (χ0n) is 22.9.